The molecule has 0 spiro atoms. The number of halogens is 1. The van der Waals surface area contributed by atoms with Crippen LogP contribution in [0.1, 0.15) is 11.3 Å². The Morgan fingerprint density at radius 2 is 1.88 bits per heavy atom. The summed E-state index contributed by atoms with van der Waals surface area (Å²) in [6.45, 7) is 0.393. The minimum absolute atomic E-state index is 0.0739. The average molecular weight is 294 g/mol. The Morgan fingerprint density at radius 1 is 1.12 bits per heavy atom. The standard InChI is InChI=1S/C13H12BrNO2/c14-11-6-4-10(5-7-11)9-17-13-3-1-2-12(8-16)15-13/h1-7,16H,8-9H2. The summed E-state index contributed by atoms with van der Waals surface area (Å²) in [5, 5.41) is 8.95. The lowest BCUT2D eigenvalue weighted by atomic mass is 10.2. The molecule has 0 aliphatic heterocycles. The van der Waals surface area contributed by atoms with Crippen LogP contribution in [-0.2, 0) is 13.2 Å². The van der Waals surface area contributed by atoms with Gasteiger partial charge in [-0.2, -0.15) is 0 Å². The van der Waals surface area contributed by atoms with Gasteiger partial charge in [-0.05, 0) is 23.8 Å². The third kappa shape index (κ3) is 3.54. The van der Waals surface area contributed by atoms with Gasteiger partial charge in [0, 0.05) is 10.5 Å². The number of pyridine rings is 1. The van der Waals surface area contributed by atoms with E-state index in [1.807, 2.05) is 30.3 Å². The molecule has 3 nitrogen and oxygen atoms in total. The van der Waals surface area contributed by atoms with Crippen LogP contribution in [0, 0.1) is 0 Å². The van der Waals surface area contributed by atoms with Gasteiger partial charge in [-0.15, -0.1) is 0 Å². The van der Waals surface area contributed by atoms with Gasteiger partial charge in [-0.3, -0.25) is 0 Å². The Morgan fingerprint density at radius 3 is 2.59 bits per heavy atom. The first-order chi connectivity index (χ1) is 8.28. The minimum atomic E-state index is -0.0739. The molecule has 88 valence electrons. The third-order valence-electron chi connectivity index (χ3n) is 2.24. The van der Waals surface area contributed by atoms with Crippen LogP contribution in [0.25, 0.3) is 0 Å². The molecular weight excluding hydrogens is 282 g/mol. The predicted molar refractivity (Wildman–Crippen MR) is 68.6 cm³/mol. The Kier molecular flexibility index (Phi) is 4.12. The van der Waals surface area contributed by atoms with Crippen LogP contribution in [0.15, 0.2) is 46.9 Å². The maximum Gasteiger partial charge on any atom is 0.213 e. The second-order valence-electron chi connectivity index (χ2n) is 3.54. The Hall–Kier alpha value is -1.39. The van der Waals surface area contributed by atoms with E-state index < -0.39 is 0 Å². The number of hydrogen-bond acceptors (Lipinski definition) is 3. The van der Waals surface area contributed by atoms with Crippen molar-refractivity contribution in [1.29, 1.82) is 0 Å². The molecule has 0 saturated heterocycles. The van der Waals surface area contributed by atoms with Crippen LogP contribution < -0.4 is 4.74 Å². The Labute approximate surface area is 108 Å². The van der Waals surface area contributed by atoms with Crippen molar-refractivity contribution in [3.8, 4) is 5.88 Å². The molecule has 1 heterocycles. The number of benzene rings is 1. The van der Waals surface area contributed by atoms with Crippen LogP contribution in [0.2, 0.25) is 0 Å². The summed E-state index contributed by atoms with van der Waals surface area (Å²) in [6, 6.07) is 13.3. The van der Waals surface area contributed by atoms with E-state index in [1.165, 1.54) is 0 Å². The molecule has 0 aliphatic rings. The van der Waals surface area contributed by atoms with Gasteiger partial charge in [-0.25, -0.2) is 4.98 Å². The molecule has 2 rings (SSSR count). The van der Waals surface area contributed by atoms with Gasteiger partial charge in [0.05, 0.1) is 12.3 Å². The molecule has 2 aromatic rings. The van der Waals surface area contributed by atoms with Gasteiger partial charge in [0.1, 0.15) is 6.61 Å². The normalized spacial score (nSPS) is 10.2. The van der Waals surface area contributed by atoms with Gasteiger partial charge in [-0.1, -0.05) is 34.1 Å². The van der Waals surface area contributed by atoms with Gasteiger partial charge in [0.2, 0.25) is 5.88 Å². The number of nitrogens with zero attached hydrogens (tertiary/aromatic N) is 1. The number of rotatable bonds is 4. The fourth-order valence-electron chi connectivity index (χ4n) is 1.36. The quantitative estimate of drug-likeness (QED) is 0.942. The largest absolute Gasteiger partial charge is 0.473 e. The van der Waals surface area contributed by atoms with Crippen LogP contribution in [0.5, 0.6) is 5.88 Å². The molecular formula is C13H12BrNO2. The molecule has 0 radical (unpaired) electrons. The highest BCUT2D eigenvalue weighted by Crippen LogP contribution is 2.13. The smallest absolute Gasteiger partial charge is 0.213 e. The van der Waals surface area contributed by atoms with Crippen molar-refractivity contribution in [3.63, 3.8) is 0 Å². The first-order valence-electron chi connectivity index (χ1n) is 5.22. The van der Waals surface area contributed by atoms with E-state index in [9.17, 15) is 0 Å². The van der Waals surface area contributed by atoms with Gasteiger partial charge in [0.15, 0.2) is 0 Å². The van der Waals surface area contributed by atoms with E-state index in [1.54, 1.807) is 12.1 Å². The van der Waals surface area contributed by atoms with E-state index in [0.717, 1.165) is 10.0 Å². The first-order valence-corrected chi connectivity index (χ1v) is 6.01. The number of hydrogen-bond donors (Lipinski definition) is 1. The first kappa shape index (κ1) is 12.1. The lowest BCUT2D eigenvalue weighted by Gasteiger charge is -2.06. The summed E-state index contributed by atoms with van der Waals surface area (Å²) in [5.41, 5.74) is 1.68. The van der Waals surface area contributed by atoms with Gasteiger partial charge < -0.3 is 9.84 Å². The molecule has 0 unspecified atom stereocenters. The van der Waals surface area contributed by atoms with Crippen molar-refractivity contribution in [2.75, 3.05) is 0 Å². The molecule has 1 aromatic heterocycles. The Bertz CT molecular complexity index is 485. The summed E-state index contributed by atoms with van der Waals surface area (Å²) in [6.07, 6.45) is 0. The summed E-state index contributed by atoms with van der Waals surface area (Å²) in [4.78, 5) is 4.14. The fraction of sp³-hybridized carbons (Fsp3) is 0.154. The highest BCUT2D eigenvalue weighted by Gasteiger charge is 1.99. The highest BCUT2D eigenvalue weighted by molar-refractivity contribution is 9.10. The average Bonchev–Trinajstić information content (AvgIpc) is 2.38. The summed E-state index contributed by atoms with van der Waals surface area (Å²) in [7, 11) is 0. The van der Waals surface area contributed by atoms with E-state index in [-0.39, 0.29) is 6.61 Å². The van der Waals surface area contributed by atoms with E-state index >= 15 is 0 Å². The lowest BCUT2D eigenvalue weighted by molar-refractivity contribution is 0.266. The second kappa shape index (κ2) is 5.80. The van der Waals surface area contributed by atoms with Crippen molar-refractivity contribution >= 4 is 15.9 Å². The molecule has 0 aliphatic carbocycles. The second-order valence-corrected chi connectivity index (χ2v) is 4.46. The summed E-state index contributed by atoms with van der Waals surface area (Å²) >= 11 is 3.38. The van der Waals surface area contributed by atoms with Gasteiger partial charge in [0.25, 0.3) is 0 Å². The fourth-order valence-corrected chi connectivity index (χ4v) is 1.63. The zero-order valence-electron chi connectivity index (χ0n) is 9.14. The van der Waals surface area contributed by atoms with Crippen LogP contribution in [0.3, 0.4) is 0 Å². The topological polar surface area (TPSA) is 42.4 Å². The van der Waals surface area contributed by atoms with Crippen LogP contribution in [0.4, 0.5) is 0 Å². The molecule has 1 N–H and O–H groups in total. The summed E-state index contributed by atoms with van der Waals surface area (Å²) in [5.74, 6) is 0.527. The highest BCUT2D eigenvalue weighted by atomic mass is 79.9. The van der Waals surface area contributed by atoms with Crippen molar-refractivity contribution in [3.05, 3.63) is 58.2 Å². The molecule has 4 heteroatoms. The predicted octanol–water partition coefficient (Wildman–Crippen LogP) is 2.92. The minimum Gasteiger partial charge on any atom is -0.473 e. The molecule has 1 aromatic carbocycles. The Balaban J connectivity index is 1.99. The molecule has 0 atom stereocenters. The van der Waals surface area contributed by atoms with E-state index in [0.29, 0.717) is 18.2 Å². The maximum atomic E-state index is 8.95. The molecule has 0 amide bonds. The number of aliphatic hydroxyl groups excluding tert-OH is 1. The molecule has 0 bridgehead atoms. The summed E-state index contributed by atoms with van der Waals surface area (Å²) < 4.78 is 6.58. The lowest BCUT2D eigenvalue weighted by Crippen LogP contribution is -1.98. The van der Waals surface area contributed by atoms with Crippen molar-refractivity contribution < 1.29 is 9.84 Å². The maximum absolute atomic E-state index is 8.95. The molecule has 0 saturated carbocycles. The van der Waals surface area contributed by atoms with Crippen molar-refractivity contribution in [1.82, 2.24) is 4.98 Å². The van der Waals surface area contributed by atoms with E-state index in [4.69, 9.17) is 9.84 Å². The monoisotopic (exact) mass is 293 g/mol. The van der Waals surface area contributed by atoms with Crippen molar-refractivity contribution in [2.45, 2.75) is 13.2 Å². The zero-order valence-corrected chi connectivity index (χ0v) is 10.7. The molecule has 0 fully saturated rings. The van der Waals surface area contributed by atoms with Crippen LogP contribution >= 0.6 is 15.9 Å². The SMILES string of the molecule is OCc1cccc(OCc2ccc(Br)cc2)n1. The number of ether oxygens (including phenoxy) is 1. The third-order valence-corrected chi connectivity index (χ3v) is 2.77. The van der Waals surface area contributed by atoms with Crippen LogP contribution in [-0.4, -0.2) is 10.1 Å². The number of aliphatic hydroxyl groups is 1. The van der Waals surface area contributed by atoms with Crippen molar-refractivity contribution in [2.24, 2.45) is 0 Å². The van der Waals surface area contributed by atoms with Gasteiger partial charge >= 0.3 is 0 Å². The zero-order chi connectivity index (χ0) is 12.1. The van der Waals surface area contributed by atoms with E-state index in [2.05, 4.69) is 20.9 Å². The molecule has 17 heavy (non-hydrogen) atoms. The number of aromatic nitrogens is 1.